The molecule has 17 heavy (non-hydrogen) atoms. The lowest BCUT2D eigenvalue weighted by molar-refractivity contribution is -0.137. The summed E-state index contributed by atoms with van der Waals surface area (Å²) in [6.07, 6.45) is -2.19. The maximum Gasteiger partial charge on any atom is 0.314 e. The van der Waals surface area contributed by atoms with E-state index in [1.807, 2.05) is 0 Å². The standard InChI is InChI=1S/C9H16F2N2O4/c10-7(11)6-17-5-4-13-9(16)12-3-1-2-8(14)15/h7H,1-6H2,(H,14,15)(H2,12,13,16). The lowest BCUT2D eigenvalue weighted by atomic mass is 10.3. The third kappa shape index (κ3) is 12.5. The zero-order valence-corrected chi connectivity index (χ0v) is 9.25. The van der Waals surface area contributed by atoms with Crippen molar-refractivity contribution in [3.05, 3.63) is 0 Å². The molecule has 0 bridgehead atoms. The van der Waals surface area contributed by atoms with Crippen molar-refractivity contribution in [3.63, 3.8) is 0 Å². The fourth-order valence-electron chi connectivity index (χ4n) is 0.913. The fourth-order valence-corrected chi connectivity index (χ4v) is 0.913. The number of halogens is 2. The average molecular weight is 254 g/mol. The normalized spacial score (nSPS) is 10.3. The van der Waals surface area contributed by atoms with Crippen LogP contribution in [-0.4, -0.2) is 49.8 Å². The Bertz CT molecular complexity index is 239. The van der Waals surface area contributed by atoms with E-state index in [4.69, 9.17) is 5.11 Å². The summed E-state index contributed by atoms with van der Waals surface area (Å²) in [5.74, 6) is -0.924. The monoisotopic (exact) mass is 254 g/mol. The van der Waals surface area contributed by atoms with E-state index in [2.05, 4.69) is 15.4 Å². The molecule has 100 valence electrons. The molecule has 0 aromatic heterocycles. The second-order valence-electron chi connectivity index (χ2n) is 3.15. The summed E-state index contributed by atoms with van der Waals surface area (Å²) < 4.78 is 27.8. The van der Waals surface area contributed by atoms with Gasteiger partial charge in [-0.2, -0.15) is 0 Å². The topological polar surface area (TPSA) is 87.7 Å². The van der Waals surface area contributed by atoms with Crippen molar-refractivity contribution in [2.75, 3.05) is 26.3 Å². The van der Waals surface area contributed by atoms with Gasteiger partial charge in [-0.3, -0.25) is 4.79 Å². The van der Waals surface area contributed by atoms with Crippen LogP contribution >= 0.6 is 0 Å². The number of rotatable bonds is 9. The smallest absolute Gasteiger partial charge is 0.314 e. The van der Waals surface area contributed by atoms with Crippen LogP contribution < -0.4 is 10.6 Å². The molecule has 0 radical (unpaired) electrons. The molecular weight excluding hydrogens is 238 g/mol. The van der Waals surface area contributed by atoms with Crippen LogP contribution in [-0.2, 0) is 9.53 Å². The van der Waals surface area contributed by atoms with Crippen LogP contribution in [0, 0.1) is 0 Å². The summed E-state index contributed by atoms with van der Waals surface area (Å²) in [4.78, 5) is 21.1. The van der Waals surface area contributed by atoms with Gasteiger partial charge >= 0.3 is 12.0 Å². The Hall–Kier alpha value is -1.44. The van der Waals surface area contributed by atoms with Crippen LogP contribution in [0.3, 0.4) is 0 Å². The molecule has 0 saturated heterocycles. The zero-order valence-electron chi connectivity index (χ0n) is 9.25. The summed E-state index contributed by atoms with van der Waals surface area (Å²) in [5.41, 5.74) is 0. The first-order valence-electron chi connectivity index (χ1n) is 5.11. The van der Waals surface area contributed by atoms with Gasteiger partial charge in [0.1, 0.15) is 6.61 Å². The molecule has 0 aliphatic rings. The molecule has 0 aromatic rings. The molecule has 6 nitrogen and oxygen atoms in total. The number of carbonyl (C=O) groups is 2. The molecule has 0 aliphatic carbocycles. The van der Waals surface area contributed by atoms with Crippen LogP contribution in [0.2, 0.25) is 0 Å². The van der Waals surface area contributed by atoms with Gasteiger partial charge in [-0.1, -0.05) is 0 Å². The number of hydrogen-bond acceptors (Lipinski definition) is 3. The summed E-state index contributed by atoms with van der Waals surface area (Å²) in [7, 11) is 0. The number of carboxylic acids is 1. The molecule has 8 heteroatoms. The van der Waals surface area contributed by atoms with Crippen LogP contribution in [0.4, 0.5) is 13.6 Å². The predicted octanol–water partition coefficient (Wildman–Crippen LogP) is 0.432. The minimum Gasteiger partial charge on any atom is -0.481 e. The second kappa shape index (κ2) is 9.76. The molecule has 0 spiro atoms. The molecule has 3 N–H and O–H groups in total. The highest BCUT2D eigenvalue weighted by atomic mass is 19.3. The van der Waals surface area contributed by atoms with Gasteiger partial charge in [0.05, 0.1) is 6.61 Å². The Labute approximate surface area is 97.3 Å². The third-order valence-electron chi connectivity index (χ3n) is 1.63. The van der Waals surface area contributed by atoms with E-state index in [1.165, 1.54) is 0 Å². The van der Waals surface area contributed by atoms with E-state index < -0.39 is 25.0 Å². The van der Waals surface area contributed by atoms with Crippen molar-refractivity contribution >= 4 is 12.0 Å². The van der Waals surface area contributed by atoms with Gasteiger partial charge < -0.3 is 20.5 Å². The summed E-state index contributed by atoms with van der Waals surface area (Å²) in [6.45, 7) is -0.275. The second-order valence-corrected chi connectivity index (χ2v) is 3.15. The zero-order chi connectivity index (χ0) is 13.1. The summed E-state index contributed by atoms with van der Waals surface area (Å²) in [6, 6.07) is -0.476. The van der Waals surface area contributed by atoms with E-state index in [0.717, 1.165) is 0 Å². The van der Waals surface area contributed by atoms with Gasteiger partial charge in [0, 0.05) is 19.5 Å². The number of ether oxygens (including phenoxy) is 1. The SMILES string of the molecule is O=C(O)CCCNC(=O)NCCOCC(F)F. The Morgan fingerprint density at radius 1 is 1.24 bits per heavy atom. The molecule has 0 aliphatic heterocycles. The number of hydrogen-bond donors (Lipinski definition) is 3. The highest BCUT2D eigenvalue weighted by Gasteiger charge is 2.03. The van der Waals surface area contributed by atoms with Gasteiger partial charge in [0.15, 0.2) is 0 Å². The molecule has 0 atom stereocenters. The number of amides is 2. The number of carbonyl (C=O) groups excluding carboxylic acids is 1. The number of nitrogens with one attached hydrogen (secondary N) is 2. The lowest BCUT2D eigenvalue weighted by Crippen LogP contribution is -2.38. The van der Waals surface area contributed by atoms with Crippen LogP contribution in [0.1, 0.15) is 12.8 Å². The van der Waals surface area contributed by atoms with Gasteiger partial charge in [0.2, 0.25) is 0 Å². The van der Waals surface area contributed by atoms with Gasteiger partial charge in [-0.25, -0.2) is 13.6 Å². The molecule has 2 amide bonds. The molecule has 0 unspecified atom stereocenters. The maximum absolute atomic E-state index is 11.6. The largest absolute Gasteiger partial charge is 0.481 e. The Morgan fingerprint density at radius 3 is 2.47 bits per heavy atom. The van der Waals surface area contributed by atoms with Crippen LogP contribution in [0.15, 0.2) is 0 Å². The molecule has 0 fully saturated rings. The molecule has 0 rings (SSSR count). The van der Waals surface area contributed by atoms with Crippen LogP contribution in [0.25, 0.3) is 0 Å². The van der Waals surface area contributed by atoms with E-state index in [9.17, 15) is 18.4 Å². The third-order valence-corrected chi connectivity index (χ3v) is 1.63. The Balaban J connectivity index is 3.26. The minimum atomic E-state index is -2.51. The van der Waals surface area contributed by atoms with Crippen molar-refractivity contribution in [2.24, 2.45) is 0 Å². The molecule has 0 heterocycles. The summed E-state index contributed by atoms with van der Waals surface area (Å²) >= 11 is 0. The summed E-state index contributed by atoms with van der Waals surface area (Å²) in [5, 5.41) is 13.1. The first kappa shape index (κ1) is 15.6. The fraction of sp³-hybridized carbons (Fsp3) is 0.778. The van der Waals surface area contributed by atoms with Crippen molar-refractivity contribution < 1.29 is 28.2 Å². The highest BCUT2D eigenvalue weighted by molar-refractivity contribution is 5.73. The van der Waals surface area contributed by atoms with E-state index in [0.29, 0.717) is 6.42 Å². The van der Waals surface area contributed by atoms with Gasteiger partial charge in [-0.15, -0.1) is 0 Å². The lowest BCUT2D eigenvalue weighted by Gasteiger charge is -2.07. The van der Waals surface area contributed by atoms with E-state index >= 15 is 0 Å². The average Bonchev–Trinajstić information content (AvgIpc) is 2.23. The van der Waals surface area contributed by atoms with Crippen molar-refractivity contribution in [1.82, 2.24) is 10.6 Å². The van der Waals surface area contributed by atoms with E-state index in [-0.39, 0.29) is 26.1 Å². The van der Waals surface area contributed by atoms with Crippen molar-refractivity contribution in [1.29, 1.82) is 0 Å². The first-order valence-corrected chi connectivity index (χ1v) is 5.11. The molecular formula is C9H16F2N2O4. The number of aliphatic carboxylic acids is 1. The van der Waals surface area contributed by atoms with Gasteiger partial charge in [0.25, 0.3) is 6.43 Å². The van der Waals surface area contributed by atoms with Crippen LogP contribution in [0.5, 0.6) is 0 Å². The Morgan fingerprint density at radius 2 is 1.88 bits per heavy atom. The quantitative estimate of drug-likeness (QED) is 0.521. The number of urea groups is 1. The van der Waals surface area contributed by atoms with E-state index in [1.54, 1.807) is 0 Å². The predicted molar refractivity (Wildman–Crippen MR) is 55.1 cm³/mol. The van der Waals surface area contributed by atoms with Crippen molar-refractivity contribution in [3.8, 4) is 0 Å². The maximum atomic E-state index is 11.6. The Kier molecular flexibility index (Phi) is 8.94. The number of alkyl halides is 2. The van der Waals surface area contributed by atoms with Crippen molar-refractivity contribution in [2.45, 2.75) is 19.3 Å². The minimum absolute atomic E-state index is 0.00683. The first-order chi connectivity index (χ1) is 8.02. The van der Waals surface area contributed by atoms with Gasteiger partial charge in [-0.05, 0) is 6.42 Å². The molecule has 0 aromatic carbocycles. The highest BCUT2D eigenvalue weighted by Crippen LogP contribution is 1.91. The number of carboxylic acid groups (broad SMARTS) is 1. The molecule has 0 saturated carbocycles.